The van der Waals surface area contributed by atoms with E-state index in [9.17, 15) is 4.79 Å². The molecule has 1 heterocycles. The number of hydrogen-bond acceptors (Lipinski definition) is 3. The van der Waals surface area contributed by atoms with Gasteiger partial charge in [-0.05, 0) is 48.2 Å². The first-order valence-electron chi connectivity index (χ1n) is 8.48. The van der Waals surface area contributed by atoms with Crippen LogP contribution in [0.4, 0.5) is 0 Å². The van der Waals surface area contributed by atoms with Crippen LogP contribution < -0.4 is 15.4 Å². The molecule has 1 saturated heterocycles. The molecule has 2 N–H and O–H groups in total. The molecule has 2 aromatic rings. The van der Waals surface area contributed by atoms with Gasteiger partial charge in [0.25, 0.3) is 0 Å². The van der Waals surface area contributed by atoms with E-state index in [1.807, 2.05) is 24.3 Å². The summed E-state index contributed by atoms with van der Waals surface area (Å²) >= 11 is 0. The average Bonchev–Trinajstić information content (AvgIpc) is 3.13. The van der Waals surface area contributed by atoms with Crippen LogP contribution in [0, 0.1) is 0 Å². The number of benzene rings is 2. The fourth-order valence-corrected chi connectivity index (χ4v) is 3.03. The molecule has 2 aromatic carbocycles. The molecule has 1 aliphatic heterocycles. The number of carbonyl (C=O) groups excluding carboxylic acids is 1. The van der Waals surface area contributed by atoms with Gasteiger partial charge in [-0.15, -0.1) is 0 Å². The molecule has 1 fully saturated rings. The monoisotopic (exact) mass is 324 g/mol. The summed E-state index contributed by atoms with van der Waals surface area (Å²) in [4.78, 5) is 12.0. The summed E-state index contributed by atoms with van der Waals surface area (Å²) in [6.45, 7) is 1.61. The molecular formula is C20H24N2O2. The van der Waals surface area contributed by atoms with Crippen molar-refractivity contribution < 1.29 is 9.53 Å². The third kappa shape index (κ3) is 4.36. The van der Waals surface area contributed by atoms with Crippen LogP contribution in [0.1, 0.15) is 24.8 Å². The van der Waals surface area contributed by atoms with Crippen molar-refractivity contribution in [2.75, 3.05) is 13.7 Å². The predicted octanol–water partition coefficient (Wildman–Crippen LogP) is 3.12. The highest BCUT2D eigenvalue weighted by atomic mass is 16.5. The number of ether oxygens (including phenoxy) is 1. The second-order valence-electron chi connectivity index (χ2n) is 6.20. The Kier molecular flexibility index (Phi) is 5.49. The van der Waals surface area contributed by atoms with Crippen LogP contribution in [0.15, 0.2) is 48.5 Å². The van der Waals surface area contributed by atoms with Gasteiger partial charge in [0.2, 0.25) is 5.91 Å². The van der Waals surface area contributed by atoms with Gasteiger partial charge in [-0.3, -0.25) is 4.79 Å². The first-order chi connectivity index (χ1) is 11.7. The van der Waals surface area contributed by atoms with E-state index in [1.54, 1.807) is 7.11 Å². The summed E-state index contributed by atoms with van der Waals surface area (Å²) < 4.78 is 5.18. The zero-order valence-electron chi connectivity index (χ0n) is 14.0. The summed E-state index contributed by atoms with van der Waals surface area (Å²) in [6.07, 6.45) is 2.85. The summed E-state index contributed by atoms with van der Waals surface area (Å²) in [7, 11) is 1.67. The van der Waals surface area contributed by atoms with Gasteiger partial charge in [-0.1, -0.05) is 36.4 Å². The maximum atomic E-state index is 12.0. The molecular weight excluding hydrogens is 300 g/mol. The van der Waals surface area contributed by atoms with E-state index >= 15 is 0 Å². The largest absolute Gasteiger partial charge is 0.497 e. The topological polar surface area (TPSA) is 50.4 Å². The van der Waals surface area contributed by atoms with Gasteiger partial charge in [0.1, 0.15) is 5.75 Å². The minimum atomic E-state index is 0.119. The van der Waals surface area contributed by atoms with Gasteiger partial charge in [0.15, 0.2) is 0 Å². The van der Waals surface area contributed by atoms with Crippen LogP contribution >= 0.6 is 0 Å². The molecule has 1 atom stereocenters. The second-order valence-corrected chi connectivity index (χ2v) is 6.20. The molecule has 0 radical (unpaired) electrons. The van der Waals surface area contributed by atoms with Crippen LogP contribution in [-0.2, 0) is 11.3 Å². The second kappa shape index (κ2) is 7.97. The third-order valence-corrected chi connectivity index (χ3v) is 4.46. The Morgan fingerprint density at radius 1 is 1.12 bits per heavy atom. The van der Waals surface area contributed by atoms with E-state index < -0.39 is 0 Å². The molecule has 24 heavy (non-hydrogen) atoms. The number of nitrogens with one attached hydrogen (secondary N) is 2. The van der Waals surface area contributed by atoms with Crippen molar-refractivity contribution >= 4 is 5.91 Å². The maximum Gasteiger partial charge on any atom is 0.221 e. The fraction of sp³-hybridized carbons (Fsp3) is 0.350. The lowest BCUT2D eigenvalue weighted by atomic mass is 10.0. The van der Waals surface area contributed by atoms with E-state index in [0.717, 1.165) is 35.4 Å². The molecule has 3 rings (SSSR count). The van der Waals surface area contributed by atoms with Crippen LogP contribution in [0.25, 0.3) is 11.1 Å². The normalized spacial score (nSPS) is 16.8. The molecule has 4 nitrogen and oxygen atoms in total. The number of carbonyl (C=O) groups is 1. The summed E-state index contributed by atoms with van der Waals surface area (Å²) in [5.41, 5.74) is 3.42. The lowest BCUT2D eigenvalue weighted by Crippen LogP contribution is -2.31. The van der Waals surface area contributed by atoms with Crippen molar-refractivity contribution in [1.82, 2.24) is 10.6 Å². The Labute approximate surface area is 143 Å². The van der Waals surface area contributed by atoms with Gasteiger partial charge >= 0.3 is 0 Å². The summed E-state index contributed by atoms with van der Waals surface area (Å²) in [6, 6.07) is 16.7. The highest BCUT2D eigenvalue weighted by Gasteiger charge is 2.17. The fourth-order valence-electron chi connectivity index (χ4n) is 3.03. The van der Waals surface area contributed by atoms with Crippen LogP contribution in [0.5, 0.6) is 5.75 Å². The van der Waals surface area contributed by atoms with E-state index in [-0.39, 0.29) is 5.91 Å². The zero-order valence-corrected chi connectivity index (χ0v) is 14.0. The highest BCUT2D eigenvalue weighted by Crippen LogP contribution is 2.22. The highest BCUT2D eigenvalue weighted by molar-refractivity contribution is 5.76. The van der Waals surface area contributed by atoms with Crippen LogP contribution in [-0.4, -0.2) is 25.6 Å². The molecule has 0 bridgehead atoms. The summed E-state index contributed by atoms with van der Waals surface area (Å²) in [5.74, 6) is 0.975. The molecule has 1 amide bonds. The SMILES string of the molecule is COc1ccc(-c2ccc(CNC(=O)CC3CCCN3)cc2)cc1. The van der Waals surface area contributed by atoms with Crippen LogP contribution in [0.3, 0.4) is 0 Å². The molecule has 0 spiro atoms. The predicted molar refractivity (Wildman–Crippen MR) is 95.9 cm³/mol. The van der Waals surface area contributed by atoms with Crippen molar-refractivity contribution in [3.8, 4) is 16.9 Å². The first-order valence-corrected chi connectivity index (χ1v) is 8.48. The quantitative estimate of drug-likeness (QED) is 0.858. The minimum Gasteiger partial charge on any atom is -0.497 e. The number of amides is 1. The first kappa shape index (κ1) is 16.5. The molecule has 1 aliphatic rings. The van der Waals surface area contributed by atoms with Gasteiger partial charge < -0.3 is 15.4 Å². The number of rotatable bonds is 6. The van der Waals surface area contributed by atoms with Crippen LogP contribution in [0.2, 0.25) is 0 Å². The van der Waals surface area contributed by atoms with E-state index in [2.05, 4.69) is 34.9 Å². The van der Waals surface area contributed by atoms with E-state index in [0.29, 0.717) is 19.0 Å². The Morgan fingerprint density at radius 2 is 1.79 bits per heavy atom. The Bertz CT molecular complexity index is 659. The van der Waals surface area contributed by atoms with Crippen molar-refractivity contribution in [3.05, 3.63) is 54.1 Å². The van der Waals surface area contributed by atoms with Gasteiger partial charge in [-0.2, -0.15) is 0 Å². The standard InChI is InChI=1S/C20H24N2O2/c1-24-19-10-8-17(9-11-19)16-6-4-15(5-7-16)14-22-20(23)13-18-3-2-12-21-18/h4-11,18,21H,2-3,12-14H2,1H3,(H,22,23). The smallest absolute Gasteiger partial charge is 0.221 e. The zero-order chi connectivity index (χ0) is 16.8. The van der Waals surface area contributed by atoms with Gasteiger partial charge in [-0.25, -0.2) is 0 Å². The Morgan fingerprint density at radius 3 is 2.38 bits per heavy atom. The molecule has 4 heteroatoms. The van der Waals surface area contributed by atoms with Crippen molar-refractivity contribution in [1.29, 1.82) is 0 Å². The molecule has 0 aromatic heterocycles. The average molecular weight is 324 g/mol. The van der Waals surface area contributed by atoms with Gasteiger partial charge in [0.05, 0.1) is 7.11 Å². The Hall–Kier alpha value is -2.33. The van der Waals surface area contributed by atoms with E-state index in [1.165, 1.54) is 6.42 Å². The van der Waals surface area contributed by atoms with E-state index in [4.69, 9.17) is 4.74 Å². The number of methoxy groups -OCH3 is 1. The Balaban J connectivity index is 1.52. The third-order valence-electron chi connectivity index (χ3n) is 4.46. The number of hydrogen-bond donors (Lipinski definition) is 2. The molecule has 126 valence electrons. The lowest BCUT2D eigenvalue weighted by Gasteiger charge is -2.11. The van der Waals surface area contributed by atoms with Crippen molar-refractivity contribution in [2.45, 2.75) is 31.8 Å². The van der Waals surface area contributed by atoms with Gasteiger partial charge in [0, 0.05) is 19.0 Å². The van der Waals surface area contributed by atoms with Crippen molar-refractivity contribution in [2.24, 2.45) is 0 Å². The van der Waals surface area contributed by atoms with Crippen molar-refractivity contribution in [3.63, 3.8) is 0 Å². The minimum absolute atomic E-state index is 0.119. The lowest BCUT2D eigenvalue weighted by molar-refractivity contribution is -0.121. The summed E-state index contributed by atoms with van der Waals surface area (Å²) in [5, 5.41) is 6.35. The molecule has 1 unspecified atom stereocenters. The molecule has 0 aliphatic carbocycles. The molecule has 0 saturated carbocycles. The maximum absolute atomic E-state index is 12.0.